The van der Waals surface area contributed by atoms with Gasteiger partial charge in [0.1, 0.15) is 0 Å². The molecule has 0 heterocycles. The van der Waals surface area contributed by atoms with Crippen LogP contribution < -0.4 is 10.0 Å². The molecule has 4 nitrogen and oxygen atoms in total. The third-order valence-corrected chi connectivity index (χ3v) is 3.01. The van der Waals surface area contributed by atoms with Crippen LogP contribution in [0.3, 0.4) is 0 Å². The molecule has 0 spiro atoms. The molecule has 0 fully saturated rings. The Morgan fingerprint density at radius 3 is 1.72 bits per heavy atom. The van der Waals surface area contributed by atoms with E-state index in [4.69, 9.17) is 4.55 Å². The Balaban J connectivity index is 2.20. The number of nitrogens with one attached hydrogen (secondary N) is 2. The van der Waals surface area contributed by atoms with Crippen LogP contribution in [0.5, 0.6) is 0 Å². The van der Waals surface area contributed by atoms with Crippen molar-refractivity contribution in [3.8, 4) is 11.1 Å². The maximum atomic E-state index is 10.6. The molecule has 0 radical (unpaired) electrons. The van der Waals surface area contributed by atoms with E-state index >= 15 is 0 Å². The summed E-state index contributed by atoms with van der Waals surface area (Å²) in [7, 11) is 1.88. The summed E-state index contributed by atoms with van der Waals surface area (Å²) < 4.78 is 21.7. The molecular formula is C13H14N2O2S. The molecule has 0 saturated heterocycles. The van der Waals surface area contributed by atoms with Gasteiger partial charge in [0, 0.05) is 18.4 Å². The highest BCUT2D eigenvalue weighted by Crippen LogP contribution is 2.23. The monoisotopic (exact) mass is 262 g/mol. The molecule has 1 unspecified atom stereocenters. The van der Waals surface area contributed by atoms with E-state index in [1.165, 1.54) is 0 Å². The van der Waals surface area contributed by atoms with Crippen molar-refractivity contribution in [1.29, 1.82) is 0 Å². The fourth-order valence-corrected chi connectivity index (χ4v) is 2.00. The third-order valence-electron chi connectivity index (χ3n) is 2.60. The summed E-state index contributed by atoms with van der Waals surface area (Å²) in [5.74, 6) is 0. The normalized spacial score (nSPS) is 11.9. The zero-order valence-corrected chi connectivity index (χ0v) is 10.7. The molecule has 2 rings (SSSR count). The number of anilines is 2. The molecule has 0 aromatic heterocycles. The van der Waals surface area contributed by atoms with Crippen molar-refractivity contribution in [3.63, 3.8) is 0 Å². The zero-order valence-electron chi connectivity index (χ0n) is 9.88. The van der Waals surface area contributed by atoms with Gasteiger partial charge >= 0.3 is 0 Å². The van der Waals surface area contributed by atoms with Gasteiger partial charge in [0.2, 0.25) is 0 Å². The maximum absolute atomic E-state index is 10.6. The minimum Gasteiger partial charge on any atom is -0.388 e. The lowest BCUT2D eigenvalue weighted by molar-refractivity contribution is 0.570. The van der Waals surface area contributed by atoms with E-state index in [-0.39, 0.29) is 0 Å². The number of hydrogen-bond donors (Lipinski definition) is 3. The molecule has 0 aliphatic carbocycles. The van der Waals surface area contributed by atoms with Crippen LogP contribution in [0.25, 0.3) is 11.1 Å². The third kappa shape index (κ3) is 3.09. The van der Waals surface area contributed by atoms with E-state index in [0.717, 1.165) is 16.8 Å². The lowest BCUT2D eigenvalue weighted by atomic mass is 10.1. The summed E-state index contributed by atoms with van der Waals surface area (Å²) in [6.07, 6.45) is 0. The largest absolute Gasteiger partial charge is 0.388 e. The minimum atomic E-state index is -2.03. The molecule has 18 heavy (non-hydrogen) atoms. The van der Waals surface area contributed by atoms with E-state index < -0.39 is 11.3 Å². The molecule has 5 heteroatoms. The second kappa shape index (κ2) is 5.66. The van der Waals surface area contributed by atoms with Crippen LogP contribution in [-0.4, -0.2) is 15.8 Å². The van der Waals surface area contributed by atoms with Crippen LogP contribution in [0.4, 0.5) is 11.4 Å². The Hall–Kier alpha value is -1.85. The van der Waals surface area contributed by atoms with E-state index in [2.05, 4.69) is 10.0 Å². The highest BCUT2D eigenvalue weighted by atomic mass is 32.2. The zero-order chi connectivity index (χ0) is 13.0. The number of rotatable bonds is 4. The van der Waals surface area contributed by atoms with Crippen LogP contribution >= 0.6 is 0 Å². The average molecular weight is 262 g/mol. The second-order valence-electron chi connectivity index (χ2n) is 3.76. The average Bonchev–Trinajstić information content (AvgIpc) is 2.39. The fraction of sp³-hybridized carbons (Fsp3) is 0.0769. The van der Waals surface area contributed by atoms with E-state index in [1.54, 1.807) is 12.1 Å². The molecular weight excluding hydrogens is 248 g/mol. The summed E-state index contributed by atoms with van der Waals surface area (Å²) in [6, 6.07) is 15.4. The van der Waals surface area contributed by atoms with Gasteiger partial charge < -0.3 is 5.32 Å². The first kappa shape index (κ1) is 12.6. The lowest BCUT2D eigenvalue weighted by Gasteiger charge is -2.06. The quantitative estimate of drug-likeness (QED) is 0.742. The molecule has 0 bridgehead atoms. The Morgan fingerprint density at radius 1 is 0.889 bits per heavy atom. The predicted octanol–water partition coefficient (Wildman–Crippen LogP) is 2.94. The summed E-state index contributed by atoms with van der Waals surface area (Å²) in [5, 5.41) is 3.06. The Labute approximate surface area is 108 Å². The van der Waals surface area contributed by atoms with Crippen molar-refractivity contribution < 1.29 is 8.76 Å². The van der Waals surface area contributed by atoms with Gasteiger partial charge in [0.15, 0.2) is 0 Å². The Kier molecular flexibility index (Phi) is 3.96. The van der Waals surface area contributed by atoms with Gasteiger partial charge in [0.25, 0.3) is 11.3 Å². The fourth-order valence-electron chi connectivity index (χ4n) is 1.66. The molecule has 3 N–H and O–H groups in total. The summed E-state index contributed by atoms with van der Waals surface area (Å²) in [6.45, 7) is 0. The molecule has 2 aromatic carbocycles. The molecule has 94 valence electrons. The predicted molar refractivity (Wildman–Crippen MR) is 75.8 cm³/mol. The topological polar surface area (TPSA) is 61.4 Å². The second-order valence-corrected chi connectivity index (χ2v) is 4.46. The number of benzene rings is 2. The van der Waals surface area contributed by atoms with Crippen LogP contribution in [0.15, 0.2) is 48.5 Å². The first-order valence-electron chi connectivity index (χ1n) is 5.45. The van der Waals surface area contributed by atoms with Crippen molar-refractivity contribution in [1.82, 2.24) is 0 Å². The number of hydrogen-bond acceptors (Lipinski definition) is 2. The first-order valence-corrected chi connectivity index (χ1v) is 6.55. The van der Waals surface area contributed by atoms with Gasteiger partial charge in [-0.25, -0.2) is 4.21 Å². The minimum absolute atomic E-state index is 0.617. The standard InChI is InChI=1S/C13H14N2O2S/c1-14-12-6-2-10(3-7-12)11-4-8-13(9-5-11)15-18(16)17/h2-9,14-15H,1H3,(H,16,17). The van der Waals surface area contributed by atoms with Crippen molar-refractivity contribution in [3.05, 3.63) is 48.5 Å². The molecule has 0 amide bonds. The van der Waals surface area contributed by atoms with Gasteiger partial charge in [-0.2, -0.15) is 0 Å². The van der Waals surface area contributed by atoms with E-state index in [9.17, 15) is 4.21 Å². The van der Waals surface area contributed by atoms with Gasteiger partial charge in [-0.1, -0.05) is 24.3 Å². The maximum Gasteiger partial charge on any atom is 0.259 e. The van der Waals surface area contributed by atoms with Gasteiger partial charge in [0.05, 0.1) is 0 Å². The summed E-state index contributed by atoms with van der Waals surface area (Å²) in [5.41, 5.74) is 3.84. The lowest BCUT2D eigenvalue weighted by Crippen LogP contribution is -2.01. The Morgan fingerprint density at radius 2 is 1.33 bits per heavy atom. The first-order chi connectivity index (χ1) is 8.69. The van der Waals surface area contributed by atoms with Crippen LogP contribution in [0, 0.1) is 0 Å². The molecule has 2 aromatic rings. The molecule has 1 atom stereocenters. The SMILES string of the molecule is CNc1ccc(-c2ccc(NS(=O)O)cc2)cc1. The van der Waals surface area contributed by atoms with Crippen molar-refractivity contribution >= 4 is 22.6 Å². The highest BCUT2D eigenvalue weighted by Gasteiger charge is 1.99. The molecule has 0 aliphatic rings. The molecule has 0 aliphatic heterocycles. The molecule has 0 saturated carbocycles. The van der Waals surface area contributed by atoms with Crippen molar-refractivity contribution in [2.45, 2.75) is 0 Å². The Bertz CT molecular complexity index is 538. The van der Waals surface area contributed by atoms with Crippen LogP contribution in [-0.2, 0) is 11.3 Å². The van der Waals surface area contributed by atoms with E-state index in [1.807, 2.05) is 43.4 Å². The van der Waals surface area contributed by atoms with Gasteiger partial charge in [-0.15, -0.1) is 0 Å². The summed E-state index contributed by atoms with van der Waals surface area (Å²) >= 11 is -2.03. The highest BCUT2D eigenvalue weighted by molar-refractivity contribution is 7.80. The van der Waals surface area contributed by atoms with Crippen molar-refractivity contribution in [2.75, 3.05) is 17.1 Å². The van der Waals surface area contributed by atoms with Crippen LogP contribution in [0.2, 0.25) is 0 Å². The van der Waals surface area contributed by atoms with Gasteiger partial charge in [-0.05, 0) is 35.4 Å². The smallest absolute Gasteiger partial charge is 0.259 e. The van der Waals surface area contributed by atoms with Crippen molar-refractivity contribution in [2.24, 2.45) is 0 Å². The summed E-state index contributed by atoms with van der Waals surface area (Å²) in [4.78, 5) is 0. The van der Waals surface area contributed by atoms with E-state index in [0.29, 0.717) is 5.69 Å². The van der Waals surface area contributed by atoms with Gasteiger partial charge in [-0.3, -0.25) is 9.27 Å². The van der Waals surface area contributed by atoms with Crippen LogP contribution in [0.1, 0.15) is 0 Å².